The van der Waals surface area contributed by atoms with E-state index in [0.717, 1.165) is 36.2 Å². The topological polar surface area (TPSA) is 47.0 Å². The molecule has 1 N–H and O–H groups in total. The zero-order chi connectivity index (χ0) is 14.7. The van der Waals surface area contributed by atoms with Crippen LogP contribution in [-0.2, 0) is 16.8 Å². The minimum Gasteiger partial charge on any atom is -0.381 e. The number of hydrogen-bond acceptors (Lipinski definition) is 5. The number of benzene rings is 1. The molecule has 112 valence electrons. The molecule has 7 heteroatoms. The Hall–Kier alpha value is -0.530. The Bertz CT molecular complexity index is 616. The lowest BCUT2D eigenvalue weighted by Crippen LogP contribution is -2.46. The average molecular weight is 389 g/mol. The number of nitrogens with one attached hydrogen (secondary N) is 1. The quantitative estimate of drug-likeness (QED) is 0.866. The summed E-state index contributed by atoms with van der Waals surface area (Å²) in [5.74, 6) is 0. The molecular formula is C14H15BrClN3OS. The molecule has 1 aliphatic heterocycles. The van der Waals surface area contributed by atoms with E-state index in [9.17, 15) is 0 Å². The number of aromatic nitrogens is 2. The molecule has 4 nitrogen and oxygen atoms in total. The summed E-state index contributed by atoms with van der Waals surface area (Å²) in [7, 11) is 0. The molecule has 1 aromatic heterocycles. The first kappa shape index (κ1) is 15.4. The van der Waals surface area contributed by atoms with E-state index in [4.69, 9.17) is 16.3 Å². The molecule has 2 heterocycles. The minimum absolute atomic E-state index is 0.102. The molecule has 3 rings (SSSR count). The minimum atomic E-state index is -0.102. The summed E-state index contributed by atoms with van der Waals surface area (Å²) in [6.45, 7) is 2.12. The number of hydrogen-bond donors (Lipinski definition) is 1. The summed E-state index contributed by atoms with van der Waals surface area (Å²) in [5.41, 5.74) is 1.97. The number of halogens is 2. The van der Waals surface area contributed by atoms with E-state index in [0.29, 0.717) is 10.9 Å². The van der Waals surface area contributed by atoms with E-state index < -0.39 is 0 Å². The molecule has 0 radical (unpaired) electrons. The van der Waals surface area contributed by atoms with Gasteiger partial charge in [0, 0.05) is 41.3 Å². The maximum atomic E-state index is 6.10. The summed E-state index contributed by atoms with van der Waals surface area (Å²) in [6.07, 6.45) is 1.86. The summed E-state index contributed by atoms with van der Waals surface area (Å²) in [5, 5.41) is 7.72. The lowest BCUT2D eigenvalue weighted by atomic mass is 9.82. The summed E-state index contributed by atoms with van der Waals surface area (Å²) in [6, 6.07) is 8.43. The first-order chi connectivity index (χ1) is 10.2. The molecule has 1 aliphatic rings. The van der Waals surface area contributed by atoms with E-state index in [2.05, 4.69) is 49.0 Å². The average Bonchev–Trinajstić information content (AvgIpc) is 2.91. The lowest BCUT2D eigenvalue weighted by Gasteiger charge is -2.38. The van der Waals surface area contributed by atoms with Crippen molar-refractivity contribution in [2.75, 3.05) is 13.2 Å². The van der Waals surface area contributed by atoms with Crippen molar-refractivity contribution in [3.05, 3.63) is 44.3 Å². The zero-order valence-electron chi connectivity index (χ0n) is 11.3. The molecular weight excluding hydrogens is 374 g/mol. The third kappa shape index (κ3) is 3.46. The molecule has 0 aliphatic carbocycles. The standard InChI is InChI=1S/C14H15BrClN3OS/c15-11-3-1-2-10(8-11)14(4-6-20-7-5-14)17-9-12-13(16)21-19-18-12/h1-3,8,17H,4-7,9H2. The van der Waals surface area contributed by atoms with Crippen LogP contribution in [0.1, 0.15) is 24.1 Å². The van der Waals surface area contributed by atoms with Crippen molar-refractivity contribution in [1.82, 2.24) is 14.9 Å². The molecule has 1 saturated heterocycles. The summed E-state index contributed by atoms with van der Waals surface area (Å²) in [4.78, 5) is 0. The monoisotopic (exact) mass is 387 g/mol. The lowest BCUT2D eigenvalue weighted by molar-refractivity contribution is 0.0356. The fourth-order valence-corrected chi connectivity index (χ4v) is 3.65. The van der Waals surface area contributed by atoms with Crippen molar-refractivity contribution in [3.8, 4) is 0 Å². The number of ether oxygens (including phenoxy) is 1. The molecule has 0 bridgehead atoms. The van der Waals surface area contributed by atoms with Crippen molar-refractivity contribution in [2.45, 2.75) is 24.9 Å². The molecule has 0 unspecified atom stereocenters. The van der Waals surface area contributed by atoms with Crippen LogP contribution in [0.4, 0.5) is 0 Å². The highest BCUT2D eigenvalue weighted by Crippen LogP contribution is 2.34. The summed E-state index contributed by atoms with van der Waals surface area (Å²) >= 11 is 10.9. The van der Waals surface area contributed by atoms with Gasteiger partial charge < -0.3 is 10.1 Å². The van der Waals surface area contributed by atoms with Crippen LogP contribution in [0.5, 0.6) is 0 Å². The van der Waals surface area contributed by atoms with Crippen LogP contribution in [0.25, 0.3) is 0 Å². The maximum absolute atomic E-state index is 6.10. The largest absolute Gasteiger partial charge is 0.381 e. The van der Waals surface area contributed by atoms with Crippen molar-refractivity contribution in [2.24, 2.45) is 0 Å². The van der Waals surface area contributed by atoms with Crippen LogP contribution in [0.3, 0.4) is 0 Å². The fraction of sp³-hybridized carbons (Fsp3) is 0.429. The van der Waals surface area contributed by atoms with Gasteiger partial charge in [-0.15, -0.1) is 5.10 Å². The van der Waals surface area contributed by atoms with Gasteiger partial charge in [0.25, 0.3) is 0 Å². The van der Waals surface area contributed by atoms with Crippen molar-refractivity contribution >= 4 is 39.1 Å². The van der Waals surface area contributed by atoms with Crippen molar-refractivity contribution in [1.29, 1.82) is 0 Å². The van der Waals surface area contributed by atoms with E-state index >= 15 is 0 Å². The van der Waals surface area contributed by atoms with Gasteiger partial charge in [0.2, 0.25) is 0 Å². The maximum Gasteiger partial charge on any atom is 0.138 e. The third-order valence-electron chi connectivity index (χ3n) is 3.83. The molecule has 0 spiro atoms. The van der Waals surface area contributed by atoms with E-state index in [-0.39, 0.29) is 5.54 Å². The van der Waals surface area contributed by atoms with Gasteiger partial charge in [-0.1, -0.05) is 44.2 Å². The van der Waals surface area contributed by atoms with Crippen LogP contribution in [0.15, 0.2) is 28.7 Å². The first-order valence-corrected chi connectivity index (χ1v) is 8.70. The molecule has 1 aromatic carbocycles. The first-order valence-electron chi connectivity index (χ1n) is 6.75. The highest BCUT2D eigenvalue weighted by molar-refractivity contribution is 9.10. The van der Waals surface area contributed by atoms with E-state index in [1.54, 1.807) is 0 Å². The summed E-state index contributed by atoms with van der Waals surface area (Å²) < 4.78 is 11.2. The van der Waals surface area contributed by atoms with Gasteiger partial charge in [0.15, 0.2) is 0 Å². The highest BCUT2D eigenvalue weighted by Gasteiger charge is 2.34. The van der Waals surface area contributed by atoms with Gasteiger partial charge in [0.05, 0.1) is 0 Å². The van der Waals surface area contributed by atoms with Gasteiger partial charge in [-0.05, 0) is 30.5 Å². The Balaban J connectivity index is 1.84. The molecule has 0 saturated carbocycles. The van der Waals surface area contributed by atoms with Gasteiger partial charge in [0.1, 0.15) is 10.0 Å². The molecule has 0 amide bonds. The van der Waals surface area contributed by atoms with Gasteiger partial charge in [-0.25, -0.2) is 0 Å². The molecule has 0 atom stereocenters. The van der Waals surface area contributed by atoms with Gasteiger partial charge in [-0.3, -0.25) is 0 Å². The Morgan fingerprint density at radius 3 is 2.86 bits per heavy atom. The van der Waals surface area contributed by atoms with E-state index in [1.807, 2.05) is 6.07 Å². The number of rotatable bonds is 4. The fourth-order valence-electron chi connectivity index (χ4n) is 2.63. The van der Waals surface area contributed by atoms with E-state index in [1.165, 1.54) is 17.1 Å². The highest BCUT2D eigenvalue weighted by atomic mass is 79.9. The van der Waals surface area contributed by atoms with Crippen molar-refractivity contribution in [3.63, 3.8) is 0 Å². The van der Waals surface area contributed by atoms with Crippen LogP contribution >= 0.6 is 39.1 Å². The normalized spacial score (nSPS) is 17.8. The Labute approximate surface area is 141 Å². The zero-order valence-corrected chi connectivity index (χ0v) is 14.5. The second-order valence-electron chi connectivity index (χ2n) is 5.05. The predicted molar refractivity (Wildman–Crippen MR) is 87.6 cm³/mol. The molecule has 21 heavy (non-hydrogen) atoms. The Kier molecular flexibility index (Phi) is 4.91. The molecule has 1 fully saturated rings. The second-order valence-corrected chi connectivity index (χ2v) is 7.32. The Morgan fingerprint density at radius 1 is 1.38 bits per heavy atom. The molecule has 2 aromatic rings. The SMILES string of the molecule is Clc1snnc1CNC1(c2cccc(Br)c2)CCOCC1. The van der Waals surface area contributed by atoms with Crippen LogP contribution in [0.2, 0.25) is 4.34 Å². The van der Waals surface area contributed by atoms with Crippen LogP contribution < -0.4 is 5.32 Å². The van der Waals surface area contributed by atoms with Crippen LogP contribution in [-0.4, -0.2) is 22.8 Å². The van der Waals surface area contributed by atoms with Crippen LogP contribution in [0, 0.1) is 0 Å². The Morgan fingerprint density at radius 2 is 2.19 bits per heavy atom. The number of nitrogens with zero attached hydrogens (tertiary/aromatic N) is 2. The van der Waals surface area contributed by atoms with Gasteiger partial charge in [-0.2, -0.15) is 0 Å². The smallest absolute Gasteiger partial charge is 0.138 e. The van der Waals surface area contributed by atoms with Gasteiger partial charge >= 0.3 is 0 Å². The van der Waals surface area contributed by atoms with Crippen molar-refractivity contribution < 1.29 is 4.74 Å². The second kappa shape index (κ2) is 6.71. The third-order valence-corrected chi connectivity index (χ3v) is 5.30. The predicted octanol–water partition coefficient (Wildman–Crippen LogP) is 3.75.